The highest BCUT2D eigenvalue weighted by Gasteiger charge is 2.49. The molecule has 2 aliphatic heterocycles. The van der Waals surface area contributed by atoms with Gasteiger partial charge in [-0.15, -0.1) is 11.3 Å². The summed E-state index contributed by atoms with van der Waals surface area (Å²) < 4.78 is 5.51. The second kappa shape index (κ2) is 8.78. The summed E-state index contributed by atoms with van der Waals surface area (Å²) in [6, 6.07) is 9.39. The number of hydrogen-bond acceptors (Lipinski definition) is 6. The predicted molar refractivity (Wildman–Crippen MR) is 128 cm³/mol. The van der Waals surface area contributed by atoms with Gasteiger partial charge in [-0.3, -0.25) is 9.59 Å². The van der Waals surface area contributed by atoms with Gasteiger partial charge in [0, 0.05) is 59.8 Å². The van der Waals surface area contributed by atoms with Crippen LogP contribution in [0.2, 0.25) is 0 Å². The van der Waals surface area contributed by atoms with Gasteiger partial charge in [0.2, 0.25) is 5.91 Å². The van der Waals surface area contributed by atoms with Gasteiger partial charge >= 0.3 is 0 Å². The number of anilines is 1. The standard InChI is InChI=1S/C24H28N4O3S/c1-16-3-6-21(32-16)22(29)27-10-7-24(8-11-27)9-12-28(23(24)30)18-4-5-19(17(14-25)15-26)20(13-18)31-2/h3-6,13-15,25H,7-12,26H2,1-2H3/b17-15+,25-14?. The number of allylic oxidation sites excluding steroid dienone is 1. The predicted octanol–water partition coefficient (Wildman–Crippen LogP) is 3.67. The maximum Gasteiger partial charge on any atom is 0.263 e. The summed E-state index contributed by atoms with van der Waals surface area (Å²) in [5, 5.41) is 7.53. The van der Waals surface area contributed by atoms with Crippen LogP contribution in [-0.4, -0.2) is 49.7 Å². The van der Waals surface area contributed by atoms with Crippen molar-refractivity contribution in [1.82, 2.24) is 4.90 Å². The first-order chi connectivity index (χ1) is 15.4. The van der Waals surface area contributed by atoms with E-state index in [-0.39, 0.29) is 11.8 Å². The fourth-order valence-electron chi connectivity index (χ4n) is 4.68. The Labute approximate surface area is 192 Å². The third-order valence-electron chi connectivity index (χ3n) is 6.61. The van der Waals surface area contributed by atoms with Crippen molar-refractivity contribution in [2.75, 3.05) is 31.6 Å². The maximum absolute atomic E-state index is 13.5. The molecule has 7 nitrogen and oxygen atoms in total. The van der Waals surface area contributed by atoms with E-state index in [0.29, 0.717) is 49.4 Å². The van der Waals surface area contributed by atoms with E-state index in [9.17, 15) is 9.59 Å². The second-order valence-corrected chi connectivity index (χ2v) is 9.63. The first-order valence-corrected chi connectivity index (χ1v) is 11.5. The Bertz CT molecular complexity index is 1080. The van der Waals surface area contributed by atoms with Gasteiger partial charge in [0.05, 0.1) is 17.4 Å². The van der Waals surface area contributed by atoms with Gasteiger partial charge in [-0.05, 0) is 50.5 Å². The molecule has 1 aromatic carbocycles. The molecule has 3 N–H and O–H groups in total. The number of carbonyl (C=O) groups is 2. The fraction of sp³-hybridized carbons (Fsp3) is 0.375. The largest absolute Gasteiger partial charge is 0.496 e. The number of likely N-dealkylation sites (tertiary alicyclic amines) is 1. The second-order valence-electron chi connectivity index (χ2n) is 8.34. The Morgan fingerprint density at radius 1 is 1.19 bits per heavy atom. The molecular formula is C24H28N4O3S. The number of ether oxygens (including phenoxy) is 1. The van der Waals surface area contributed by atoms with Crippen LogP contribution in [0, 0.1) is 17.7 Å². The topological polar surface area (TPSA) is 99.7 Å². The van der Waals surface area contributed by atoms with Crippen LogP contribution in [-0.2, 0) is 4.79 Å². The Morgan fingerprint density at radius 2 is 1.91 bits per heavy atom. The van der Waals surface area contributed by atoms with E-state index in [1.54, 1.807) is 7.11 Å². The molecule has 168 valence electrons. The SMILES string of the molecule is COc1cc(N2CCC3(CCN(C(=O)c4ccc(C)s4)CC3)C2=O)ccc1/C(C=N)=C/N. The highest BCUT2D eigenvalue weighted by Crippen LogP contribution is 2.44. The van der Waals surface area contributed by atoms with Crippen LogP contribution in [0.5, 0.6) is 5.75 Å². The lowest BCUT2D eigenvalue weighted by atomic mass is 9.77. The number of benzene rings is 1. The molecule has 3 heterocycles. The quantitative estimate of drug-likeness (QED) is 0.676. The van der Waals surface area contributed by atoms with Crippen molar-refractivity contribution < 1.29 is 14.3 Å². The highest BCUT2D eigenvalue weighted by molar-refractivity contribution is 7.13. The molecule has 32 heavy (non-hydrogen) atoms. The molecule has 0 atom stereocenters. The number of carbonyl (C=O) groups excluding carboxylic acids is 2. The van der Waals surface area contributed by atoms with E-state index in [1.807, 2.05) is 47.1 Å². The molecule has 2 aliphatic rings. The molecule has 2 amide bonds. The number of hydrogen-bond donors (Lipinski definition) is 2. The minimum atomic E-state index is -0.411. The minimum absolute atomic E-state index is 0.0653. The summed E-state index contributed by atoms with van der Waals surface area (Å²) in [5.41, 5.74) is 7.26. The molecule has 0 radical (unpaired) electrons. The average molecular weight is 453 g/mol. The monoisotopic (exact) mass is 452 g/mol. The summed E-state index contributed by atoms with van der Waals surface area (Å²) >= 11 is 1.52. The lowest BCUT2D eigenvalue weighted by Gasteiger charge is -2.37. The van der Waals surface area contributed by atoms with Crippen LogP contribution in [0.15, 0.2) is 36.5 Å². The van der Waals surface area contributed by atoms with Crippen molar-refractivity contribution in [2.45, 2.75) is 26.2 Å². The molecule has 0 saturated carbocycles. The number of thiophene rings is 1. The van der Waals surface area contributed by atoms with E-state index in [0.717, 1.165) is 21.9 Å². The number of aryl methyl sites for hydroxylation is 1. The first-order valence-electron chi connectivity index (χ1n) is 10.7. The Kier molecular flexibility index (Phi) is 6.06. The van der Waals surface area contributed by atoms with Crippen LogP contribution < -0.4 is 15.4 Å². The van der Waals surface area contributed by atoms with Crippen LogP contribution >= 0.6 is 11.3 Å². The van der Waals surface area contributed by atoms with Crippen LogP contribution in [0.25, 0.3) is 5.57 Å². The third-order valence-corrected chi connectivity index (χ3v) is 7.60. The molecule has 2 saturated heterocycles. The van der Waals surface area contributed by atoms with Crippen molar-refractivity contribution in [3.05, 3.63) is 51.8 Å². The molecule has 0 bridgehead atoms. The lowest BCUT2D eigenvalue weighted by molar-refractivity contribution is -0.127. The minimum Gasteiger partial charge on any atom is -0.496 e. The highest BCUT2D eigenvalue weighted by atomic mass is 32.1. The normalized spacial score (nSPS) is 18.3. The number of nitrogens with zero attached hydrogens (tertiary/aromatic N) is 2. The molecular weight excluding hydrogens is 424 g/mol. The number of amides is 2. The summed E-state index contributed by atoms with van der Waals surface area (Å²) in [7, 11) is 1.57. The number of nitrogens with one attached hydrogen (secondary N) is 1. The van der Waals surface area contributed by atoms with Crippen molar-refractivity contribution in [3.63, 3.8) is 0 Å². The number of rotatable bonds is 5. The molecule has 2 fully saturated rings. The van der Waals surface area contributed by atoms with E-state index >= 15 is 0 Å². The van der Waals surface area contributed by atoms with E-state index in [4.69, 9.17) is 15.9 Å². The van der Waals surface area contributed by atoms with Gasteiger partial charge in [0.15, 0.2) is 0 Å². The number of nitrogens with two attached hydrogens (primary N) is 1. The summed E-state index contributed by atoms with van der Waals surface area (Å²) in [5.74, 6) is 0.756. The number of methoxy groups -OCH3 is 1. The molecule has 1 spiro atoms. The van der Waals surface area contributed by atoms with Gasteiger partial charge < -0.3 is 25.7 Å². The zero-order chi connectivity index (χ0) is 22.9. The zero-order valence-electron chi connectivity index (χ0n) is 18.4. The molecule has 4 rings (SSSR count). The van der Waals surface area contributed by atoms with Crippen molar-refractivity contribution in [3.8, 4) is 5.75 Å². The summed E-state index contributed by atoms with van der Waals surface area (Å²) in [6.07, 6.45) is 4.70. The van der Waals surface area contributed by atoms with E-state index in [1.165, 1.54) is 23.8 Å². The molecule has 2 aromatic rings. The van der Waals surface area contributed by atoms with Crippen molar-refractivity contribution in [1.29, 1.82) is 5.41 Å². The molecule has 1 aromatic heterocycles. The van der Waals surface area contributed by atoms with Gasteiger partial charge in [-0.25, -0.2) is 0 Å². The van der Waals surface area contributed by atoms with Gasteiger partial charge in [0.1, 0.15) is 5.75 Å². The Morgan fingerprint density at radius 3 is 2.50 bits per heavy atom. The summed E-state index contributed by atoms with van der Waals surface area (Å²) in [6.45, 7) is 3.84. The Hall–Kier alpha value is -3.13. The van der Waals surface area contributed by atoms with Gasteiger partial charge in [-0.1, -0.05) is 0 Å². The fourth-order valence-corrected chi connectivity index (χ4v) is 5.51. The van der Waals surface area contributed by atoms with Crippen molar-refractivity contribution in [2.24, 2.45) is 11.1 Å². The number of piperidine rings is 1. The molecule has 0 aliphatic carbocycles. The first kappa shape index (κ1) is 22.1. The Balaban J connectivity index is 1.49. The van der Waals surface area contributed by atoms with Crippen LogP contribution in [0.1, 0.15) is 39.4 Å². The third kappa shape index (κ3) is 3.79. The average Bonchev–Trinajstić information content (AvgIpc) is 3.39. The lowest BCUT2D eigenvalue weighted by Crippen LogP contribution is -2.46. The molecule has 0 unspecified atom stereocenters. The van der Waals surface area contributed by atoms with Gasteiger partial charge in [0.25, 0.3) is 5.91 Å². The van der Waals surface area contributed by atoms with E-state index in [2.05, 4.69) is 0 Å². The van der Waals surface area contributed by atoms with Crippen molar-refractivity contribution >= 4 is 40.6 Å². The van der Waals surface area contributed by atoms with Crippen LogP contribution in [0.4, 0.5) is 5.69 Å². The van der Waals surface area contributed by atoms with E-state index < -0.39 is 5.41 Å². The zero-order valence-corrected chi connectivity index (χ0v) is 19.2. The maximum atomic E-state index is 13.5. The van der Waals surface area contributed by atoms with Gasteiger partial charge in [-0.2, -0.15) is 0 Å². The summed E-state index contributed by atoms with van der Waals surface area (Å²) in [4.78, 5) is 31.9. The molecule has 8 heteroatoms. The smallest absolute Gasteiger partial charge is 0.263 e. The van der Waals surface area contributed by atoms with Crippen LogP contribution in [0.3, 0.4) is 0 Å².